The zero-order valence-corrected chi connectivity index (χ0v) is 21.9. The Morgan fingerprint density at radius 2 is 1.83 bits per heavy atom. The Bertz CT molecular complexity index is 1090. The summed E-state index contributed by atoms with van der Waals surface area (Å²) in [7, 11) is 0. The summed E-state index contributed by atoms with van der Waals surface area (Å²) in [6, 6.07) is 2.12. The Labute approximate surface area is 209 Å². The lowest BCUT2D eigenvalue weighted by atomic mass is 9.40. The van der Waals surface area contributed by atoms with Crippen LogP contribution in [0, 0.1) is 56.7 Å². The molecule has 3 saturated carbocycles. The van der Waals surface area contributed by atoms with Crippen molar-refractivity contribution >= 4 is 17.5 Å². The fourth-order valence-electron chi connectivity index (χ4n) is 9.02. The molecule has 0 heterocycles. The van der Waals surface area contributed by atoms with Crippen LogP contribution in [0.4, 0.5) is 0 Å². The van der Waals surface area contributed by atoms with Crippen molar-refractivity contribution in [3.63, 3.8) is 0 Å². The van der Waals surface area contributed by atoms with Crippen LogP contribution in [0.25, 0.3) is 0 Å². The topological polar surface area (TPSA) is 84.2 Å². The van der Waals surface area contributed by atoms with Crippen LogP contribution in [0.1, 0.15) is 86.0 Å². The summed E-state index contributed by atoms with van der Waals surface area (Å²) in [5.41, 5.74) is 0.888. The predicted molar refractivity (Wildman–Crippen MR) is 132 cm³/mol. The number of fused-ring (bicyclic) bond motifs is 7. The first-order valence-corrected chi connectivity index (χ1v) is 13.4. The summed E-state index contributed by atoms with van der Waals surface area (Å²) in [4.78, 5) is 38.3. The van der Waals surface area contributed by atoms with Gasteiger partial charge in [0.25, 0.3) is 0 Å². The Hall–Kier alpha value is -2.22. The van der Waals surface area contributed by atoms with Crippen molar-refractivity contribution in [2.45, 2.75) is 86.0 Å². The number of hydrogen-bond donors (Lipinski definition) is 0. The third-order valence-corrected chi connectivity index (χ3v) is 11.0. The maximum Gasteiger partial charge on any atom is 0.302 e. The number of esters is 1. The molecule has 0 spiro atoms. The molecule has 0 aromatic carbocycles. The molecule has 35 heavy (non-hydrogen) atoms. The molecule has 188 valence electrons. The van der Waals surface area contributed by atoms with Gasteiger partial charge in [-0.15, -0.1) is 0 Å². The van der Waals surface area contributed by atoms with Gasteiger partial charge >= 0.3 is 5.97 Å². The van der Waals surface area contributed by atoms with E-state index in [0.717, 1.165) is 50.5 Å². The molecule has 5 aliphatic carbocycles. The number of rotatable bonds is 2. The summed E-state index contributed by atoms with van der Waals surface area (Å²) in [5, 5.41) is 9.60. The van der Waals surface area contributed by atoms with E-state index >= 15 is 0 Å². The molecular weight excluding hydrogens is 438 g/mol. The molecule has 7 atom stereocenters. The lowest BCUT2D eigenvalue weighted by Crippen LogP contribution is -2.59. The van der Waals surface area contributed by atoms with Gasteiger partial charge < -0.3 is 4.74 Å². The number of carbonyl (C=O) groups is 3. The highest BCUT2D eigenvalue weighted by molar-refractivity contribution is 6.01. The fraction of sp³-hybridized carbons (Fsp3) is 0.733. The maximum atomic E-state index is 14.1. The van der Waals surface area contributed by atoms with Crippen LogP contribution in [0.15, 0.2) is 23.3 Å². The largest absolute Gasteiger partial charge is 0.465 e. The molecule has 0 bridgehead atoms. The van der Waals surface area contributed by atoms with E-state index < -0.39 is 5.41 Å². The van der Waals surface area contributed by atoms with Crippen molar-refractivity contribution in [2.75, 3.05) is 6.61 Å². The summed E-state index contributed by atoms with van der Waals surface area (Å²) in [6.07, 6.45) is 11.1. The van der Waals surface area contributed by atoms with Crippen LogP contribution in [0.3, 0.4) is 0 Å². The van der Waals surface area contributed by atoms with Crippen molar-refractivity contribution < 1.29 is 19.1 Å². The van der Waals surface area contributed by atoms with Crippen LogP contribution < -0.4 is 0 Å². The number of hydrogen-bond acceptors (Lipinski definition) is 5. The van der Waals surface area contributed by atoms with Gasteiger partial charge in [0.2, 0.25) is 0 Å². The van der Waals surface area contributed by atoms with Crippen LogP contribution in [0.5, 0.6) is 0 Å². The number of ether oxygens (including phenoxy) is 1. The third-order valence-electron chi connectivity index (χ3n) is 11.0. The molecule has 0 aromatic rings. The molecule has 0 N–H and O–H groups in total. The molecule has 0 radical (unpaired) electrons. The molecule has 7 unspecified atom stereocenters. The van der Waals surface area contributed by atoms with Crippen molar-refractivity contribution in [3.05, 3.63) is 23.3 Å². The highest BCUT2D eigenvalue weighted by Gasteiger charge is 2.63. The molecule has 0 aromatic heterocycles. The molecule has 5 aliphatic rings. The molecule has 5 nitrogen and oxygen atoms in total. The molecular formula is C30H39NO4. The van der Waals surface area contributed by atoms with Gasteiger partial charge in [0.05, 0.1) is 12.2 Å². The zero-order chi connectivity index (χ0) is 25.4. The lowest BCUT2D eigenvalue weighted by molar-refractivity contribution is -0.164. The Balaban J connectivity index is 1.59. The zero-order valence-electron chi connectivity index (χ0n) is 21.9. The van der Waals surface area contributed by atoms with E-state index in [1.54, 1.807) is 0 Å². The second kappa shape index (κ2) is 7.89. The van der Waals surface area contributed by atoms with Gasteiger partial charge in [-0.1, -0.05) is 39.3 Å². The van der Waals surface area contributed by atoms with Gasteiger partial charge in [0.1, 0.15) is 6.07 Å². The summed E-state index contributed by atoms with van der Waals surface area (Å²) in [6.45, 7) is 11.0. The van der Waals surface area contributed by atoms with E-state index in [2.05, 4.69) is 33.8 Å². The number of Topliss-reactive ketones (excluding diaryl/α,β-unsaturated/α-hetero) is 1. The van der Waals surface area contributed by atoms with Gasteiger partial charge in [-0.25, -0.2) is 0 Å². The van der Waals surface area contributed by atoms with E-state index in [9.17, 15) is 19.6 Å². The molecule has 3 fully saturated rings. The Kier molecular flexibility index (Phi) is 5.52. The quantitative estimate of drug-likeness (QED) is 0.473. The van der Waals surface area contributed by atoms with Gasteiger partial charge in [0.15, 0.2) is 11.6 Å². The minimum absolute atomic E-state index is 0.0579. The minimum atomic E-state index is -0.426. The first-order valence-electron chi connectivity index (χ1n) is 13.4. The molecule has 5 heteroatoms. The van der Waals surface area contributed by atoms with Crippen LogP contribution >= 0.6 is 0 Å². The van der Waals surface area contributed by atoms with Crippen molar-refractivity contribution in [1.29, 1.82) is 5.26 Å². The molecule has 0 saturated heterocycles. The van der Waals surface area contributed by atoms with Gasteiger partial charge in [-0.3, -0.25) is 14.4 Å². The minimum Gasteiger partial charge on any atom is -0.465 e. The lowest BCUT2D eigenvalue weighted by Gasteiger charge is -2.64. The van der Waals surface area contributed by atoms with Crippen LogP contribution in [0.2, 0.25) is 0 Å². The summed E-state index contributed by atoms with van der Waals surface area (Å²) >= 11 is 0. The summed E-state index contributed by atoms with van der Waals surface area (Å²) < 4.78 is 5.64. The third kappa shape index (κ3) is 3.58. The average molecular weight is 478 g/mol. The van der Waals surface area contributed by atoms with Crippen LogP contribution in [-0.2, 0) is 19.1 Å². The highest BCUT2D eigenvalue weighted by atomic mass is 16.5. The number of ketones is 2. The van der Waals surface area contributed by atoms with E-state index in [0.29, 0.717) is 13.0 Å². The van der Waals surface area contributed by atoms with Gasteiger partial charge in [0, 0.05) is 30.1 Å². The Morgan fingerprint density at radius 3 is 2.51 bits per heavy atom. The second-order valence-electron chi connectivity index (χ2n) is 13.5. The monoisotopic (exact) mass is 477 g/mol. The fourth-order valence-corrected chi connectivity index (χ4v) is 9.02. The van der Waals surface area contributed by atoms with Crippen molar-refractivity contribution in [1.82, 2.24) is 0 Å². The first kappa shape index (κ1) is 24.5. The van der Waals surface area contributed by atoms with Gasteiger partial charge in [-0.2, -0.15) is 5.26 Å². The maximum absolute atomic E-state index is 14.1. The van der Waals surface area contributed by atoms with E-state index in [-0.39, 0.29) is 63.0 Å². The standard InChI is InChI=1S/C30H39NO4/c1-18(32)35-17-30-9-7-21-26(22(30)15-27(2,3)10-11-30)24(34)13-25-28(21,4)8-6-20-12-23(33)19(16-31)14-29(20,25)5/h13-14,20-22,26H,6-12,15,17H2,1-5H3. The number of allylic oxidation sites excluding steroid dienone is 4. The second-order valence-corrected chi connectivity index (χ2v) is 13.5. The van der Waals surface area contributed by atoms with Crippen LogP contribution in [-0.4, -0.2) is 24.1 Å². The predicted octanol–water partition coefficient (Wildman–Crippen LogP) is 5.74. The summed E-state index contributed by atoms with van der Waals surface area (Å²) in [5.74, 6) is 0.448. The normalized spacial score (nSPS) is 43.9. The number of nitrogens with zero attached hydrogens (tertiary/aromatic N) is 1. The first-order chi connectivity index (χ1) is 16.4. The van der Waals surface area contributed by atoms with Crippen molar-refractivity contribution in [3.8, 4) is 6.07 Å². The van der Waals surface area contributed by atoms with E-state index in [1.807, 2.05) is 12.2 Å². The molecule has 0 amide bonds. The average Bonchev–Trinajstić information content (AvgIpc) is 2.79. The molecule has 5 rings (SSSR count). The number of nitriles is 1. The van der Waals surface area contributed by atoms with Gasteiger partial charge in [-0.05, 0) is 79.6 Å². The van der Waals surface area contributed by atoms with E-state index in [4.69, 9.17) is 4.74 Å². The smallest absolute Gasteiger partial charge is 0.302 e. The molecule has 0 aliphatic heterocycles. The highest BCUT2D eigenvalue weighted by Crippen LogP contribution is 2.69. The van der Waals surface area contributed by atoms with Crippen molar-refractivity contribution in [2.24, 2.45) is 45.3 Å². The van der Waals surface area contributed by atoms with E-state index in [1.165, 1.54) is 6.92 Å². The number of carbonyl (C=O) groups excluding carboxylic acids is 3. The SMILES string of the molecule is CC(=O)OCC12CCC3C(C(=O)C=C4C5(C)C=C(C#N)C(=O)CC5CCC43C)C1CC(C)(C)CC2. The Morgan fingerprint density at radius 1 is 1.09 bits per heavy atom.